The summed E-state index contributed by atoms with van der Waals surface area (Å²) in [6, 6.07) is 4.63. The number of amides is 2. The van der Waals surface area contributed by atoms with Crippen molar-refractivity contribution in [1.29, 1.82) is 0 Å². The number of rotatable bonds is 5. The van der Waals surface area contributed by atoms with E-state index in [0.29, 0.717) is 25.6 Å². The Balaban J connectivity index is 1.98. The maximum Gasteiger partial charge on any atom is 0.250 e. The molecule has 0 N–H and O–H groups in total. The molecule has 1 unspecified atom stereocenters. The monoisotopic (exact) mass is 333 g/mol. The molecule has 0 spiro atoms. The second-order valence-electron chi connectivity index (χ2n) is 6.85. The van der Waals surface area contributed by atoms with Crippen molar-refractivity contribution in [3.05, 3.63) is 34.2 Å². The maximum atomic E-state index is 12.5. The van der Waals surface area contributed by atoms with Gasteiger partial charge in [-0.05, 0) is 25.8 Å². The second kappa shape index (κ2) is 7.64. The molecule has 0 saturated carbocycles. The van der Waals surface area contributed by atoms with Crippen LogP contribution >= 0.6 is 0 Å². The summed E-state index contributed by atoms with van der Waals surface area (Å²) in [4.78, 5) is 40.3. The molecule has 1 aromatic heterocycles. The van der Waals surface area contributed by atoms with Crippen LogP contribution in [0.5, 0.6) is 0 Å². The van der Waals surface area contributed by atoms with Gasteiger partial charge in [0.1, 0.15) is 6.04 Å². The molecule has 6 nitrogen and oxygen atoms in total. The zero-order chi connectivity index (χ0) is 17.9. The lowest BCUT2D eigenvalue weighted by atomic mass is 10.1. The third-order valence-electron chi connectivity index (χ3n) is 4.47. The van der Waals surface area contributed by atoms with Gasteiger partial charge in [-0.2, -0.15) is 0 Å². The van der Waals surface area contributed by atoms with Gasteiger partial charge in [0.2, 0.25) is 11.8 Å². The van der Waals surface area contributed by atoms with E-state index in [9.17, 15) is 14.4 Å². The largest absolute Gasteiger partial charge is 0.339 e. The Morgan fingerprint density at radius 3 is 2.58 bits per heavy atom. The molecule has 0 radical (unpaired) electrons. The Morgan fingerprint density at radius 2 is 1.96 bits per heavy atom. The summed E-state index contributed by atoms with van der Waals surface area (Å²) in [5.74, 6) is 0.350. The number of carbonyl (C=O) groups excluding carboxylic acids is 2. The molecule has 2 heterocycles. The van der Waals surface area contributed by atoms with Gasteiger partial charge in [0.15, 0.2) is 0 Å². The van der Waals surface area contributed by atoms with E-state index in [1.807, 2.05) is 17.9 Å². The summed E-state index contributed by atoms with van der Waals surface area (Å²) in [5, 5.41) is 0. The molecule has 6 heteroatoms. The van der Waals surface area contributed by atoms with Gasteiger partial charge in [-0.1, -0.05) is 19.9 Å². The lowest BCUT2D eigenvalue weighted by molar-refractivity contribution is -0.151. The molecule has 0 bridgehead atoms. The molecule has 24 heavy (non-hydrogen) atoms. The van der Waals surface area contributed by atoms with Crippen molar-refractivity contribution in [2.45, 2.75) is 46.7 Å². The zero-order valence-corrected chi connectivity index (χ0v) is 15.0. The summed E-state index contributed by atoms with van der Waals surface area (Å²) >= 11 is 0. The first-order valence-electron chi connectivity index (χ1n) is 8.56. The van der Waals surface area contributed by atoms with Crippen LogP contribution in [0.4, 0.5) is 0 Å². The molecule has 2 rings (SSSR count). The highest BCUT2D eigenvalue weighted by atomic mass is 16.2. The normalized spacial score (nSPS) is 18.4. The number of nitrogens with zero attached hydrogens (tertiary/aromatic N) is 3. The SMILES string of the molecule is Cc1cccc(=O)n1CCC(=O)N1CCN(CC(C)C)C(=O)C1C. The quantitative estimate of drug-likeness (QED) is 0.815. The van der Waals surface area contributed by atoms with Crippen LogP contribution in [-0.2, 0) is 16.1 Å². The summed E-state index contributed by atoms with van der Waals surface area (Å²) < 4.78 is 1.60. The third-order valence-corrected chi connectivity index (χ3v) is 4.47. The van der Waals surface area contributed by atoms with Crippen molar-refractivity contribution in [3.63, 3.8) is 0 Å². The van der Waals surface area contributed by atoms with E-state index < -0.39 is 6.04 Å². The van der Waals surface area contributed by atoms with Crippen molar-refractivity contribution in [2.75, 3.05) is 19.6 Å². The van der Waals surface area contributed by atoms with Gasteiger partial charge in [0.05, 0.1) is 0 Å². The molecule has 1 aliphatic heterocycles. The van der Waals surface area contributed by atoms with Crippen molar-refractivity contribution in [3.8, 4) is 0 Å². The average molecular weight is 333 g/mol. The van der Waals surface area contributed by atoms with Gasteiger partial charge < -0.3 is 14.4 Å². The van der Waals surface area contributed by atoms with Crippen LogP contribution in [0.3, 0.4) is 0 Å². The Labute approximate surface area is 143 Å². The molecule has 2 amide bonds. The van der Waals surface area contributed by atoms with Gasteiger partial charge in [-0.3, -0.25) is 14.4 Å². The Morgan fingerprint density at radius 1 is 1.25 bits per heavy atom. The predicted octanol–water partition coefficient (Wildman–Crippen LogP) is 1.26. The van der Waals surface area contributed by atoms with E-state index in [1.54, 1.807) is 22.5 Å². The molecule has 1 aliphatic rings. The molecule has 1 atom stereocenters. The first-order valence-corrected chi connectivity index (χ1v) is 8.56. The van der Waals surface area contributed by atoms with Gasteiger partial charge >= 0.3 is 0 Å². The van der Waals surface area contributed by atoms with Gasteiger partial charge in [0, 0.05) is 44.4 Å². The van der Waals surface area contributed by atoms with E-state index in [1.165, 1.54) is 6.07 Å². The molecule has 1 fully saturated rings. The molecule has 1 aromatic rings. The van der Waals surface area contributed by atoms with Crippen LogP contribution in [0.1, 0.15) is 32.9 Å². The molecule has 0 aromatic carbocycles. The van der Waals surface area contributed by atoms with Crippen LogP contribution in [0.15, 0.2) is 23.0 Å². The Hall–Kier alpha value is -2.11. The highest BCUT2D eigenvalue weighted by Gasteiger charge is 2.34. The molecule has 132 valence electrons. The summed E-state index contributed by atoms with van der Waals surface area (Å²) in [6.45, 7) is 10.00. The standard InChI is InChI=1S/C18H27N3O3/c1-13(2)12-19-10-11-21(15(4)18(19)24)17(23)8-9-20-14(3)6-5-7-16(20)22/h5-7,13,15H,8-12H2,1-4H3. The minimum Gasteiger partial charge on any atom is -0.339 e. The fourth-order valence-corrected chi connectivity index (χ4v) is 3.15. The zero-order valence-electron chi connectivity index (χ0n) is 15.0. The molecular formula is C18H27N3O3. The number of carbonyl (C=O) groups is 2. The van der Waals surface area contributed by atoms with Crippen molar-refractivity contribution >= 4 is 11.8 Å². The third kappa shape index (κ3) is 4.04. The van der Waals surface area contributed by atoms with Gasteiger partial charge in [-0.15, -0.1) is 0 Å². The van der Waals surface area contributed by atoms with Crippen molar-refractivity contribution in [1.82, 2.24) is 14.4 Å². The second-order valence-corrected chi connectivity index (χ2v) is 6.85. The fraction of sp³-hybridized carbons (Fsp3) is 0.611. The van der Waals surface area contributed by atoms with E-state index in [4.69, 9.17) is 0 Å². The van der Waals surface area contributed by atoms with E-state index >= 15 is 0 Å². The Kier molecular flexibility index (Phi) is 5.80. The minimum absolute atomic E-state index is 0.0105. The number of aryl methyl sites for hydroxylation is 1. The number of pyridine rings is 1. The highest BCUT2D eigenvalue weighted by molar-refractivity contribution is 5.88. The lowest BCUT2D eigenvalue weighted by Gasteiger charge is -2.40. The van der Waals surface area contributed by atoms with Gasteiger partial charge in [0.25, 0.3) is 5.56 Å². The summed E-state index contributed by atoms with van der Waals surface area (Å²) in [7, 11) is 0. The molecule has 1 saturated heterocycles. The molecular weight excluding hydrogens is 306 g/mol. The molecule has 0 aliphatic carbocycles. The first kappa shape index (κ1) is 18.2. The average Bonchev–Trinajstić information content (AvgIpc) is 2.51. The smallest absolute Gasteiger partial charge is 0.250 e. The van der Waals surface area contributed by atoms with E-state index in [2.05, 4.69) is 13.8 Å². The topological polar surface area (TPSA) is 62.6 Å². The van der Waals surface area contributed by atoms with Crippen LogP contribution in [0.2, 0.25) is 0 Å². The van der Waals surface area contributed by atoms with Gasteiger partial charge in [-0.25, -0.2) is 0 Å². The Bertz CT molecular complexity index is 666. The van der Waals surface area contributed by atoms with Crippen LogP contribution in [-0.4, -0.2) is 51.9 Å². The summed E-state index contributed by atoms with van der Waals surface area (Å²) in [5.41, 5.74) is 0.731. The predicted molar refractivity (Wildman–Crippen MR) is 92.6 cm³/mol. The van der Waals surface area contributed by atoms with Crippen LogP contribution in [0.25, 0.3) is 0 Å². The van der Waals surface area contributed by atoms with Crippen LogP contribution < -0.4 is 5.56 Å². The first-order chi connectivity index (χ1) is 11.3. The van der Waals surface area contributed by atoms with E-state index in [-0.39, 0.29) is 23.8 Å². The number of piperazine rings is 1. The maximum absolute atomic E-state index is 12.5. The highest BCUT2D eigenvalue weighted by Crippen LogP contribution is 2.14. The number of hydrogen-bond donors (Lipinski definition) is 0. The van der Waals surface area contributed by atoms with E-state index in [0.717, 1.165) is 12.2 Å². The van der Waals surface area contributed by atoms with Crippen molar-refractivity contribution < 1.29 is 9.59 Å². The summed E-state index contributed by atoms with van der Waals surface area (Å²) in [6.07, 6.45) is 0.229. The van der Waals surface area contributed by atoms with Crippen molar-refractivity contribution in [2.24, 2.45) is 5.92 Å². The number of hydrogen-bond acceptors (Lipinski definition) is 3. The minimum atomic E-state index is -0.432. The number of aromatic nitrogens is 1. The fourth-order valence-electron chi connectivity index (χ4n) is 3.15. The van der Waals surface area contributed by atoms with Crippen LogP contribution in [0, 0.1) is 12.8 Å². The lowest BCUT2D eigenvalue weighted by Crippen LogP contribution is -2.58.